The molecule has 19 heavy (non-hydrogen) atoms. The Kier molecular flexibility index (Phi) is 5.76. The van der Waals surface area contributed by atoms with Crippen molar-refractivity contribution < 1.29 is 9.13 Å². The molecule has 0 amide bonds. The molecule has 2 N–H and O–H groups in total. The molecular formula is C15H23FN2O. The Morgan fingerprint density at radius 2 is 1.89 bits per heavy atom. The van der Waals surface area contributed by atoms with Crippen molar-refractivity contribution in [2.75, 3.05) is 32.8 Å². The highest BCUT2D eigenvalue weighted by Crippen LogP contribution is 2.17. The van der Waals surface area contributed by atoms with Crippen molar-refractivity contribution in [3.63, 3.8) is 0 Å². The Hall–Kier alpha value is -0.970. The molecule has 1 saturated heterocycles. The summed E-state index contributed by atoms with van der Waals surface area (Å²) in [5, 5.41) is 0. The minimum absolute atomic E-state index is 0.198. The van der Waals surface area contributed by atoms with Gasteiger partial charge in [0, 0.05) is 19.7 Å². The fourth-order valence-corrected chi connectivity index (χ4v) is 2.48. The number of nitrogens with two attached hydrogens (primary N) is 1. The number of likely N-dealkylation sites (tertiary alicyclic amines) is 1. The zero-order valence-corrected chi connectivity index (χ0v) is 11.4. The Morgan fingerprint density at radius 3 is 2.53 bits per heavy atom. The first-order valence-corrected chi connectivity index (χ1v) is 7.02. The van der Waals surface area contributed by atoms with Crippen LogP contribution in [0.3, 0.4) is 0 Å². The molecule has 1 heterocycles. The maximum atomic E-state index is 12.7. The van der Waals surface area contributed by atoms with Gasteiger partial charge >= 0.3 is 0 Å². The zero-order valence-electron chi connectivity index (χ0n) is 11.4. The molecule has 1 fully saturated rings. The Bertz CT molecular complexity index is 361. The first-order chi connectivity index (χ1) is 9.28. The van der Waals surface area contributed by atoms with Gasteiger partial charge in [0.15, 0.2) is 0 Å². The molecule has 0 saturated carbocycles. The van der Waals surface area contributed by atoms with Crippen LogP contribution in [0.25, 0.3) is 0 Å². The summed E-state index contributed by atoms with van der Waals surface area (Å²) >= 11 is 0. The first-order valence-electron chi connectivity index (χ1n) is 7.02. The van der Waals surface area contributed by atoms with Gasteiger partial charge in [0.05, 0.1) is 6.61 Å². The largest absolute Gasteiger partial charge is 0.376 e. The summed E-state index contributed by atoms with van der Waals surface area (Å²) in [4.78, 5) is 2.41. The van der Waals surface area contributed by atoms with E-state index in [1.165, 1.54) is 25.0 Å². The van der Waals surface area contributed by atoms with Crippen molar-refractivity contribution in [1.29, 1.82) is 0 Å². The average Bonchev–Trinajstić information content (AvgIpc) is 2.43. The van der Waals surface area contributed by atoms with Crippen LogP contribution in [0.5, 0.6) is 0 Å². The molecule has 0 bridgehead atoms. The van der Waals surface area contributed by atoms with E-state index >= 15 is 0 Å². The van der Waals surface area contributed by atoms with Crippen molar-refractivity contribution in [2.24, 2.45) is 11.7 Å². The summed E-state index contributed by atoms with van der Waals surface area (Å²) in [5.41, 5.74) is 6.59. The van der Waals surface area contributed by atoms with E-state index in [9.17, 15) is 4.39 Å². The number of ether oxygens (including phenoxy) is 1. The summed E-state index contributed by atoms with van der Waals surface area (Å²) < 4.78 is 18.5. The van der Waals surface area contributed by atoms with Crippen LogP contribution < -0.4 is 5.73 Å². The summed E-state index contributed by atoms with van der Waals surface area (Å²) in [5.74, 6) is 0.450. The maximum Gasteiger partial charge on any atom is 0.123 e. The summed E-state index contributed by atoms with van der Waals surface area (Å²) in [7, 11) is 0. The second-order valence-corrected chi connectivity index (χ2v) is 5.22. The zero-order chi connectivity index (χ0) is 13.5. The Labute approximate surface area is 114 Å². The lowest BCUT2D eigenvalue weighted by atomic mass is 9.98. The molecule has 1 aromatic carbocycles. The third-order valence-electron chi connectivity index (χ3n) is 3.69. The second kappa shape index (κ2) is 7.58. The normalized spacial score (nSPS) is 17.8. The van der Waals surface area contributed by atoms with E-state index in [0.29, 0.717) is 12.5 Å². The van der Waals surface area contributed by atoms with Crippen LogP contribution in [0.2, 0.25) is 0 Å². The third kappa shape index (κ3) is 4.90. The van der Waals surface area contributed by atoms with E-state index in [1.807, 2.05) is 0 Å². The highest BCUT2D eigenvalue weighted by atomic mass is 19.1. The monoisotopic (exact) mass is 266 g/mol. The maximum absolute atomic E-state index is 12.7. The van der Waals surface area contributed by atoms with Crippen LogP contribution in [0.15, 0.2) is 24.3 Å². The van der Waals surface area contributed by atoms with E-state index in [1.54, 1.807) is 12.1 Å². The summed E-state index contributed by atoms with van der Waals surface area (Å²) in [6.07, 6.45) is 2.37. The number of hydrogen-bond acceptors (Lipinski definition) is 3. The van der Waals surface area contributed by atoms with Crippen LogP contribution in [0, 0.1) is 11.7 Å². The van der Waals surface area contributed by atoms with Crippen molar-refractivity contribution in [2.45, 2.75) is 19.4 Å². The second-order valence-electron chi connectivity index (χ2n) is 5.22. The van der Waals surface area contributed by atoms with Gasteiger partial charge in [0.2, 0.25) is 0 Å². The number of rotatable bonds is 6. The molecule has 0 aromatic heterocycles. The Morgan fingerprint density at radius 1 is 1.21 bits per heavy atom. The van der Waals surface area contributed by atoms with Crippen molar-refractivity contribution >= 4 is 0 Å². The van der Waals surface area contributed by atoms with Crippen molar-refractivity contribution in [1.82, 2.24) is 4.90 Å². The SMILES string of the molecule is NCCN1CCC(COCc2ccc(F)cc2)CC1. The van der Waals surface area contributed by atoms with Gasteiger partial charge in [0.1, 0.15) is 5.82 Å². The molecule has 1 aromatic rings. The van der Waals surface area contributed by atoms with Crippen LogP contribution in [0.1, 0.15) is 18.4 Å². The lowest BCUT2D eigenvalue weighted by Gasteiger charge is -2.31. The predicted molar refractivity (Wildman–Crippen MR) is 74.3 cm³/mol. The van der Waals surface area contributed by atoms with Crippen molar-refractivity contribution in [3.05, 3.63) is 35.6 Å². The number of hydrogen-bond donors (Lipinski definition) is 1. The van der Waals surface area contributed by atoms with Gasteiger partial charge in [-0.1, -0.05) is 12.1 Å². The minimum Gasteiger partial charge on any atom is -0.376 e. The quantitative estimate of drug-likeness (QED) is 0.856. The molecule has 0 radical (unpaired) electrons. The van der Waals surface area contributed by atoms with E-state index in [0.717, 1.165) is 38.3 Å². The van der Waals surface area contributed by atoms with Gasteiger partial charge < -0.3 is 15.4 Å². The number of piperidine rings is 1. The molecule has 0 atom stereocenters. The topological polar surface area (TPSA) is 38.5 Å². The third-order valence-corrected chi connectivity index (χ3v) is 3.69. The van der Waals surface area contributed by atoms with E-state index in [4.69, 9.17) is 10.5 Å². The van der Waals surface area contributed by atoms with Gasteiger partial charge in [-0.25, -0.2) is 4.39 Å². The highest BCUT2D eigenvalue weighted by molar-refractivity contribution is 5.14. The lowest BCUT2D eigenvalue weighted by Crippen LogP contribution is -2.38. The van der Waals surface area contributed by atoms with Gasteiger partial charge in [-0.3, -0.25) is 0 Å². The van der Waals surface area contributed by atoms with E-state index in [2.05, 4.69) is 4.90 Å². The average molecular weight is 266 g/mol. The molecule has 0 spiro atoms. The predicted octanol–water partition coefficient (Wildman–Crippen LogP) is 2.01. The van der Waals surface area contributed by atoms with Crippen LogP contribution >= 0.6 is 0 Å². The molecule has 1 aliphatic rings. The minimum atomic E-state index is -0.198. The molecule has 4 heteroatoms. The fourth-order valence-electron chi connectivity index (χ4n) is 2.48. The molecule has 3 nitrogen and oxygen atoms in total. The van der Waals surface area contributed by atoms with Gasteiger partial charge in [-0.2, -0.15) is 0 Å². The van der Waals surface area contributed by atoms with Gasteiger partial charge in [0.25, 0.3) is 0 Å². The summed E-state index contributed by atoms with van der Waals surface area (Å²) in [6, 6.07) is 6.51. The van der Waals surface area contributed by atoms with Crippen molar-refractivity contribution in [3.8, 4) is 0 Å². The molecule has 0 unspecified atom stereocenters. The first kappa shape index (κ1) is 14.4. The van der Waals surface area contributed by atoms with Crippen LogP contribution in [-0.2, 0) is 11.3 Å². The number of benzene rings is 1. The van der Waals surface area contributed by atoms with E-state index in [-0.39, 0.29) is 5.82 Å². The van der Waals surface area contributed by atoms with Gasteiger partial charge in [-0.05, 0) is 49.5 Å². The molecule has 106 valence electrons. The molecular weight excluding hydrogens is 243 g/mol. The smallest absolute Gasteiger partial charge is 0.123 e. The fraction of sp³-hybridized carbons (Fsp3) is 0.600. The standard InChI is InChI=1S/C15H23FN2O/c16-15-3-1-13(2-4-15)11-19-12-14-5-8-18(9-6-14)10-7-17/h1-4,14H,5-12,17H2. The number of nitrogens with zero attached hydrogens (tertiary/aromatic N) is 1. The Balaban J connectivity index is 1.63. The lowest BCUT2D eigenvalue weighted by molar-refractivity contribution is 0.0583. The number of halogens is 1. The molecule has 1 aliphatic heterocycles. The van der Waals surface area contributed by atoms with Crippen LogP contribution in [0.4, 0.5) is 4.39 Å². The summed E-state index contributed by atoms with van der Waals surface area (Å²) in [6.45, 7) is 5.37. The highest BCUT2D eigenvalue weighted by Gasteiger charge is 2.18. The van der Waals surface area contributed by atoms with Gasteiger partial charge in [-0.15, -0.1) is 0 Å². The van der Waals surface area contributed by atoms with Crippen LogP contribution in [-0.4, -0.2) is 37.7 Å². The molecule has 0 aliphatic carbocycles. The molecule has 2 rings (SSSR count). The van der Waals surface area contributed by atoms with E-state index < -0.39 is 0 Å².